The number of rotatable bonds is 8. The number of hydrogen-bond acceptors (Lipinski definition) is 9. The number of imide groups is 1. The van der Waals surface area contributed by atoms with Crippen molar-refractivity contribution >= 4 is 39.8 Å². The van der Waals surface area contributed by atoms with Crippen LogP contribution in [0.1, 0.15) is 121 Å². The molecule has 306 valence electrons. The van der Waals surface area contributed by atoms with Gasteiger partial charge in [-0.1, -0.05) is 6.07 Å². The van der Waals surface area contributed by atoms with Crippen molar-refractivity contribution in [3.05, 3.63) is 94.2 Å². The topological polar surface area (TPSA) is 161 Å². The summed E-state index contributed by atoms with van der Waals surface area (Å²) in [5, 5.41) is 35.9. The Morgan fingerprint density at radius 2 is 1.66 bits per heavy atom. The van der Waals surface area contributed by atoms with E-state index in [0.29, 0.717) is 58.0 Å². The summed E-state index contributed by atoms with van der Waals surface area (Å²) in [7, 11) is 0. The second kappa shape index (κ2) is 15.3. The van der Waals surface area contributed by atoms with Gasteiger partial charge in [0, 0.05) is 73.1 Å². The number of carbonyl (C=O) groups is 3. The van der Waals surface area contributed by atoms with E-state index in [-0.39, 0.29) is 30.1 Å². The number of nitrogens with one attached hydrogen (secondary N) is 2. The first-order chi connectivity index (χ1) is 28.3. The molecule has 0 unspecified atom stereocenters. The van der Waals surface area contributed by atoms with Crippen molar-refractivity contribution in [3.8, 4) is 6.07 Å². The van der Waals surface area contributed by atoms with Crippen LogP contribution in [0.4, 0.5) is 10.1 Å². The Morgan fingerprint density at radius 3 is 2.36 bits per heavy atom. The lowest BCUT2D eigenvalue weighted by Crippen LogP contribution is -2.56. The van der Waals surface area contributed by atoms with Gasteiger partial charge in [0.2, 0.25) is 11.8 Å². The Labute approximate surface area is 342 Å². The monoisotopic (exact) mass is 799 g/mol. The van der Waals surface area contributed by atoms with Crippen LogP contribution in [0.2, 0.25) is 0 Å². The molecule has 1 atom stereocenters. The highest BCUT2D eigenvalue weighted by atomic mass is 19.1. The number of nitriles is 1. The van der Waals surface area contributed by atoms with E-state index in [1.807, 2.05) is 25.1 Å². The number of anilines is 1. The Balaban J connectivity index is 0.788. The zero-order valence-electron chi connectivity index (χ0n) is 33.7. The number of aromatic nitrogens is 4. The van der Waals surface area contributed by atoms with Crippen LogP contribution in [0.25, 0.3) is 16.4 Å². The molecule has 2 saturated carbocycles. The van der Waals surface area contributed by atoms with E-state index in [0.717, 1.165) is 86.7 Å². The van der Waals surface area contributed by atoms with Gasteiger partial charge in [-0.2, -0.15) is 15.5 Å². The smallest absolute Gasteiger partial charge is 0.274 e. The minimum absolute atomic E-state index is 0.234. The van der Waals surface area contributed by atoms with Gasteiger partial charge in [-0.3, -0.25) is 34.2 Å². The van der Waals surface area contributed by atoms with Crippen molar-refractivity contribution in [3.63, 3.8) is 0 Å². The molecule has 9 rings (SSSR count). The molecular formula is C45H50FN9O4. The fourth-order valence-corrected chi connectivity index (χ4v) is 10.0. The van der Waals surface area contributed by atoms with Crippen molar-refractivity contribution in [2.75, 3.05) is 31.5 Å². The summed E-state index contributed by atoms with van der Waals surface area (Å²) in [5.74, 6) is -1.72. The van der Waals surface area contributed by atoms with Crippen molar-refractivity contribution in [2.45, 2.75) is 108 Å². The first-order valence-corrected chi connectivity index (χ1v) is 20.9. The number of fused-ring (bicyclic) bond motifs is 2. The van der Waals surface area contributed by atoms with Crippen molar-refractivity contribution < 1.29 is 23.9 Å². The molecule has 2 aliphatic carbocycles. The summed E-state index contributed by atoms with van der Waals surface area (Å²) in [5.41, 5.74) is 4.41. The van der Waals surface area contributed by atoms with Crippen molar-refractivity contribution in [1.82, 2.24) is 34.5 Å². The highest BCUT2D eigenvalue weighted by Crippen LogP contribution is 2.43. The molecule has 2 saturated heterocycles. The number of amides is 3. The molecule has 0 bridgehead atoms. The van der Waals surface area contributed by atoms with E-state index in [1.54, 1.807) is 38.1 Å². The molecule has 2 aliphatic heterocycles. The molecule has 0 radical (unpaired) electrons. The molecule has 5 aromatic rings. The minimum atomic E-state index is -1.24. The van der Waals surface area contributed by atoms with Crippen LogP contribution in [0.3, 0.4) is 0 Å². The third-order valence-corrected chi connectivity index (χ3v) is 13.4. The largest absolute Gasteiger partial charge is 0.386 e. The molecule has 59 heavy (non-hydrogen) atoms. The van der Waals surface area contributed by atoms with Crippen LogP contribution in [-0.2, 0) is 15.2 Å². The van der Waals surface area contributed by atoms with Crippen LogP contribution in [-0.4, -0.2) is 90.3 Å². The van der Waals surface area contributed by atoms with Crippen LogP contribution in [0.5, 0.6) is 0 Å². The maximum absolute atomic E-state index is 15.3. The van der Waals surface area contributed by atoms with E-state index in [4.69, 9.17) is 5.10 Å². The second-order valence-corrected chi connectivity index (χ2v) is 17.6. The van der Waals surface area contributed by atoms with Gasteiger partial charge in [0.25, 0.3) is 5.91 Å². The fraction of sp³-hybridized carbons (Fsp3) is 0.467. The van der Waals surface area contributed by atoms with E-state index in [1.165, 1.54) is 10.7 Å². The average molecular weight is 800 g/mol. The third-order valence-electron chi connectivity index (χ3n) is 13.4. The predicted molar refractivity (Wildman–Crippen MR) is 219 cm³/mol. The van der Waals surface area contributed by atoms with Gasteiger partial charge in [-0.05, 0) is 119 Å². The second-order valence-electron chi connectivity index (χ2n) is 17.6. The summed E-state index contributed by atoms with van der Waals surface area (Å²) >= 11 is 0. The molecule has 3 aromatic heterocycles. The molecule has 4 aliphatic rings. The fourth-order valence-electron chi connectivity index (χ4n) is 10.0. The van der Waals surface area contributed by atoms with Crippen LogP contribution < -0.4 is 10.6 Å². The molecule has 14 heteroatoms. The Kier molecular flexibility index (Phi) is 10.1. The zero-order chi connectivity index (χ0) is 41.2. The normalized spacial score (nSPS) is 24.5. The zero-order valence-corrected chi connectivity index (χ0v) is 33.7. The summed E-state index contributed by atoms with van der Waals surface area (Å²) in [6, 6.07) is 15.7. The minimum Gasteiger partial charge on any atom is -0.386 e. The summed E-state index contributed by atoms with van der Waals surface area (Å²) in [4.78, 5) is 42.8. The number of aliphatic hydroxyl groups is 1. The molecule has 13 nitrogen and oxygen atoms in total. The first-order valence-electron chi connectivity index (χ1n) is 20.9. The standard InChI is InChI=1S/C45H50FN9O4/c1-26-16-36(34-9-11-42(56)50-43(34)57)38(46)21-35(26)28-18-33(19-28)53-14-12-52(13-15-53)30-4-6-31(7-5-30)54-25-29-20-40(37(45(2,3)59)22-39(29)51-54)49-44(58)41-10-8-32-17-27(23-47)24-48-55(32)41/h8,10,16-17,20-22,24-25,28,30-31,33-34,59H,4-7,9,11-15,18-19H2,1-3H3,(H,49,58)(H,50,56,57)/t28?,30?,31?,33?,34-/m1/s1. The average Bonchev–Trinajstić information content (AvgIpc) is 3.82. The summed E-state index contributed by atoms with van der Waals surface area (Å²) in [6.07, 6.45) is 10.3. The number of piperidine rings is 1. The van der Waals surface area contributed by atoms with Crippen molar-refractivity contribution in [1.29, 1.82) is 5.26 Å². The molecule has 4 fully saturated rings. The lowest BCUT2D eigenvalue weighted by Gasteiger charge is -2.48. The molecule has 0 spiro atoms. The van der Waals surface area contributed by atoms with Gasteiger partial charge in [-0.25, -0.2) is 8.91 Å². The molecule has 5 heterocycles. The van der Waals surface area contributed by atoms with Gasteiger partial charge in [0.1, 0.15) is 17.6 Å². The van der Waals surface area contributed by atoms with Gasteiger partial charge in [0.15, 0.2) is 0 Å². The SMILES string of the molecule is Cc1cc([C@H]2CCC(=O)NC2=O)c(F)cc1C1CC(N2CCN(C3CCC(n4cc5cc(NC(=O)c6ccc7cc(C#N)cnn67)c(C(C)(C)O)cc5n4)CC3)CC2)C1. The maximum atomic E-state index is 15.3. The predicted octanol–water partition coefficient (Wildman–Crippen LogP) is 6.05. The number of benzene rings is 2. The molecule has 2 aromatic carbocycles. The highest BCUT2D eigenvalue weighted by molar-refractivity contribution is 6.05. The Morgan fingerprint density at radius 1 is 0.949 bits per heavy atom. The van der Waals surface area contributed by atoms with Gasteiger partial charge >= 0.3 is 0 Å². The number of hydrogen-bond donors (Lipinski definition) is 3. The number of aryl methyl sites for hydroxylation is 1. The maximum Gasteiger partial charge on any atom is 0.274 e. The third kappa shape index (κ3) is 7.52. The number of carbonyl (C=O) groups excluding carboxylic acids is 3. The van der Waals surface area contributed by atoms with E-state index < -0.39 is 17.4 Å². The summed E-state index contributed by atoms with van der Waals surface area (Å²) < 4.78 is 18.9. The Bertz CT molecular complexity index is 2510. The van der Waals surface area contributed by atoms with Crippen LogP contribution in [0, 0.1) is 24.1 Å². The van der Waals surface area contributed by atoms with Crippen LogP contribution in [0.15, 0.2) is 54.9 Å². The van der Waals surface area contributed by atoms with E-state index in [2.05, 4.69) is 42.5 Å². The Hall–Kier alpha value is -5.49. The van der Waals surface area contributed by atoms with Crippen molar-refractivity contribution in [2.24, 2.45) is 0 Å². The molecular weight excluding hydrogens is 750 g/mol. The van der Waals surface area contributed by atoms with Crippen LogP contribution >= 0.6 is 0 Å². The quantitative estimate of drug-likeness (QED) is 0.159. The van der Waals surface area contributed by atoms with E-state index in [9.17, 15) is 24.8 Å². The number of nitrogens with zero attached hydrogens (tertiary/aromatic N) is 7. The lowest BCUT2D eigenvalue weighted by atomic mass is 9.73. The molecule has 3 N–H and O–H groups in total. The summed E-state index contributed by atoms with van der Waals surface area (Å²) in [6.45, 7) is 9.54. The van der Waals surface area contributed by atoms with Gasteiger partial charge in [-0.15, -0.1) is 0 Å². The van der Waals surface area contributed by atoms with E-state index >= 15 is 4.39 Å². The lowest BCUT2D eigenvalue weighted by molar-refractivity contribution is -0.134. The van der Waals surface area contributed by atoms with Gasteiger partial charge in [0.05, 0.1) is 40.4 Å². The van der Waals surface area contributed by atoms with Gasteiger partial charge < -0.3 is 10.4 Å². The first kappa shape index (κ1) is 39.0. The molecule has 3 amide bonds. The number of halogens is 1. The highest BCUT2D eigenvalue weighted by Gasteiger charge is 2.39. The number of piperazine rings is 1.